The molecule has 2 atom stereocenters. The summed E-state index contributed by atoms with van der Waals surface area (Å²) in [4.78, 5) is 12.5. The van der Waals surface area contributed by atoms with Gasteiger partial charge >= 0.3 is 0 Å². The molecule has 3 rings (SSSR count). The lowest BCUT2D eigenvalue weighted by atomic mass is 10.2. The molecular weight excluding hydrogens is 400 g/mol. The van der Waals surface area contributed by atoms with Gasteiger partial charge in [-0.3, -0.25) is 4.79 Å². The van der Waals surface area contributed by atoms with Crippen molar-refractivity contribution < 1.29 is 17.9 Å². The Balaban J connectivity index is 1.88. The van der Waals surface area contributed by atoms with Gasteiger partial charge in [-0.05, 0) is 51.1 Å². The number of hydrogen-bond acceptors (Lipinski definition) is 4. The van der Waals surface area contributed by atoms with Crippen LogP contribution in [0.2, 0.25) is 5.02 Å². The highest BCUT2D eigenvalue weighted by Crippen LogP contribution is 2.28. The molecule has 150 valence electrons. The molecule has 1 aliphatic heterocycles. The number of anilines is 1. The summed E-state index contributed by atoms with van der Waals surface area (Å²) in [5, 5.41) is 2.85. The number of benzene rings is 2. The number of amides is 1. The fraction of sp³-hybridized carbons (Fsp3) is 0.350. The van der Waals surface area contributed by atoms with Crippen LogP contribution in [0.4, 0.5) is 5.69 Å². The molecule has 0 aromatic heterocycles. The van der Waals surface area contributed by atoms with E-state index < -0.39 is 15.9 Å². The van der Waals surface area contributed by atoms with E-state index in [1.165, 1.54) is 22.5 Å². The first-order valence-corrected chi connectivity index (χ1v) is 10.8. The second-order valence-electron chi connectivity index (χ2n) is 7.04. The number of nitrogens with one attached hydrogen (secondary N) is 1. The van der Waals surface area contributed by atoms with E-state index in [4.69, 9.17) is 16.3 Å². The number of hydrogen-bond donors (Lipinski definition) is 1. The third-order valence-electron chi connectivity index (χ3n) is 4.51. The van der Waals surface area contributed by atoms with Crippen molar-refractivity contribution in [1.82, 2.24) is 4.31 Å². The first-order valence-electron chi connectivity index (χ1n) is 9.00. The average molecular weight is 423 g/mol. The van der Waals surface area contributed by atoms with E-state index in [0.717, 1.165) is 5.56 Å². The van der Waals surface area contributed by atoms with Crippen LogP contribution in [-0.4, -0.2) is 43.9 Å². The van der Waals surface area contributed by atoms with E-state index in [1.807, 2.05) is 32.9 Å². The molecular formula is C20H23ClN2O4S. The quantitative estimate of drug-likeness (QED) is 0.815. The molecule has 0 radical (unpaired) electrons. The summed E-state index contributed by atoms with van der Waals surface area (Å²) in [6, 6.07) is 11.6. The van der Waals surface area contributed by atoms with Gasteiger partial charge in [0.05, 0.1) is 17.2 Å². The molecule has 0 unspecified atom stereocenters. The zero-order valence-electron chi connectivity index (χ0n) is 16.0. The number of morpholine rings is 1. The van der Waals surface area contributed by atoms with Gasteiger partial charge in [0, 0.05) is 24.3 Å². The molecule has 1 aliphatic rings. The maximum atomic E-state index is 13.1. The maximum Gasteiger partial charge on any atom is 0.255 e. The Bertz CT molecular complexity index is 966. The zero-order valence-corrected chi connectivity index (χ0v) is 17.5. The monoisotopic (exact) mass is 422 g/mol. The van der Waals surface area contributed by atoms with Crippen molar-refractivity contribution in [2.24, 2.45) is 0 Å². The van der Waals surface area contributed by atoms with Gasteiger partial charge in [-0.25, -0.2) is 8.42 Å². The summed E-state index contributed by atoms with van der Waals surface area (Å²) in [5.74, 6) is -0.402. The van der Waals surface area contributed by atoms with Crippen LogP contribution in [0.25, 0.3) is 0 Å². The van der Waals surface area contributed by atoms with Crippen molar-refractivity contribution >= 4 is 33.2 Å². The van der Waals surface area contributed by atoms with Gasteiger partial charge in [0.15, 0.2) is 0 Å². The number of nitrogens with zero attached hydrogens (tertiary/aromatic N) is 1. The van der Waals surface area contributed by atoms with Crippen LogP contribution in [0, 0.1) is 6.92 Å². The Labute approximate surface area is 170 Å². The van der Waals surface area contributed by atoms with E-state index >= 15 is 0 Å². The van der Waals surface area contributed by atoms with Gasteiger partial charge in [-0.2, -0.15) is 4.31 Å². The van der Waals surface area contributed by atoms with Gasteiger partial charge in [0.2, 0.25) is 10.0 Å². The highest BCUT2D eigenvalue weighted by atomic mass is 35.5. The summed E-state index contributed by atoms with van der Waals surface area (Å²) in [6.07, 6.45) is -0.435. The predicted molar refractivity (Wildman–Crippen MR) is 109 cm³/mol. The number of sulfonamides is 1. The SMILES string of the molecule is Cc1ccc(NC(=O)c2ccc(Cl)c(S(=O)(=O)N3C[C@H](C)O[C@@H](C)C3)c2)cc1. The first-order chi connectivity index (χ1) is 13.2. The zero-order chi connectivity index (χ0) is 20.5. The van der Waals surface area contributed by atoms with Crippen molar-refractivity contribution in [2.45, 2.75) is 37.9 Å². The van der Waals surface area contributed by atoms with Crippen LogP contribution in [0.15, 0.2) is 47.4 Å². The summed E-state index contributed by atoms with van der Waals surface area (Å²) in [7, 11) is -3.85. The van der Waals surface area contributed by atoms with Gasteiger partial charge in [0.25, 0.3) is 5.91 Å². The molecule has 8 heteroatoms. The molecule has 0 aliphatic carbocycles. The van der Waals surface area contributed by atoms with Crippen molar-refractivity contribution in [3.8, 4) is 0 Å². The minimum absolute atomic E-state index is 0.0768. The lowest BCUT2D eigenvalue weighted by molar-refractivity contribution is -0.0440. The number of halogens is 1. The van der Waals surface area contributed by atoms with E-state index in [9.17, 15) is 13.2 Å². The molecule has 6 nitrogen and oxygen atoms in total. The summed E-state index contributed by atoms with van der Waals surface area (Å²) < 4.78 is 33.2. The highest BCUT2D eigenvalue weighted by molar-refractivity contribution is 7.89. The highest BCUT2D eigenvalue weighted by Gasteiger charge is 2.33. The molecule has 1 N–H and O–H groups in total. The van der Waals surface area contributed by atoms with E-state index in [1.54, 1.807) is 12.1 Å². The lowest BCUT2D eigenvalue weighted by Crippen LogP contribution is -2.48. The average Bonchev–Trinajstić information content (AvgIpc) is 2.63. The van der Waals surface area contributed by atoms with Gasteiger partial charge in [0.1, 0.15) is 4.90 Å². The van der Waals surface area contributed by atoms with Gasteiger partial charge in [-0.1, -0.05) is 29.3 Å². The summed E-state index contributed by atoms with van der Waals surface area (Å²) in [6.45, 7) is 6.08. The Morgan fingerprint density at radius 1 is 1.11 bits per heavy atom. The van der Waals surface area contributed by atoms with Crippen LogP contribution in [0.1, 0.15) is 29.8 Å². The molecule has 2 aromatic carbocycles. The lowest BCUT2D eigenvalue weighted by Gasteiger charge is -2.34. The van der Waals surface area contributed by atoms with E-state index in [-0.39, 0.29) is 40.8 Å². The maximum absolute atomic E-state index is 13.1. The van der Waals surface area contributed by atoms with Crippen LogP contribution in [0.3, 0.4) is 0 Å². The van der Waals surface area contributed by atoms with Crippen molar-refractivity contribution in [1.29, 1.82) is 0 Å². The minimum atomic E-state index is -3.85. The van der Waals surface area contributed by atoms with Crippen molar-refractivity contribution in [3.63, 3.8) is 0 Å². The van der Waals surface area contributed by atoms with Crippen molar-refractivity contribution in [3.05, 3.63) is 58.6 Å². The molecule has 2 aromatic rings. The predicted octanol–water partition coefficient (Wildman–Crippen LogP) is 3.70. The fourth-order valence-corrected chi connectivity index (χ4v) is 5.24. The Morgan fingerprint density at radius 2 is 1.71 bits per heavy atom. The van der Waals surface area contributed by atoms with Crippen LogP contribution in [-0.2, 0) is 14.8 Å². The summed E-state index contributed by atoms with van der Waals surface area (Å²) >= 11 is 6.19. The smallest absolute Gasteiger partial charge is 0.255 e. The number of ether oxygens (including phenoxy) is 1. The Kier molecular flexibility index (Phi) is 6.09. The third kappa shape index (κ3) is 4.55. The standard InChI is InChI=1S/C20H23ClN2O4S/c1-13-4-7-17(8-5-13)22-20(24)16-6-9-18(21)19(10-16)28(25,26)23-11-14(2)27-15(3)12-23/h4-10,14-15H,11-12H2,1-3H3,(H,22,24)/t14-,15-/m0/s1. The molecule has 0 spiro atoms. The Hall–Kier alpha value is -1.93. The van der Waals surface area contributed by atoms with E-state index in [0.29, 0.717) is 5.69 Å². The molecule has 0 bridgehead atoms. The van der Waals surface area contributed by atoms with Crippen LogP contribution < -0.4 is 5.32 Å². The molecule has 0 saturated carbocycles. The van der Waals surface area contributed by atoms with Crippen LogP contribution >= 0.6 is 11.6 Å². The third-order valence-corrected chi connectivity index (χ3v) is 6.82. The molecule has 28 heavy (non-hydrogen) atoms. The Morgan fingerprint density at radius 3 is 2.32 bits per heavy atom. The fourth-order valence-electron chi connectivity index (χ4n) is 3.15. The first kappa shape index (κ1) is 20.8. The van der Waals surface area contributed by atoms with Crippen molar-refractivity contribution in [2.75, 3.05) is 18.4 Å². The minimum Gasteiger partial charge on any atom is -0.373 e. The summed E-state index contributed by atoms with van der Waals surface area (Å²) in [5.41, 5.74) is 1.93. The normalized spacial score (nSPS) is 20.7. The molecule has 1 fully saturated rings. The largest absolute Gasteiger partial charge is 0.373 e. The van der Waals surface area contributed by atoms with Gasteiger partial charge in [-0.15, -0.1) is 0 Å². The van der Waals surface area contributed by atoms with Crippen LogP contribution in [0.5, 0.6) is 0 Å². The second-order valence-corrected chi connectivity index (χ2v) is 9.36. The second kappa shape index (κ2) is 8.21. The van der Waals surface area contributed by atoms with Gasteiger partial charge < -0.3 is 10.1 Å². The topological polar surface area (TPSA) is 75.7 Å². The molecule has 1 saturated heterocycles. The number of aryl methyl sites for hydroxylation is 1. The molecule has 1 amide bonds. The molecule has 1 heterocycles. The number of carbonyl (C=O) groups is 1. The number of rotatable bonds is 4. The van der Waals surface area contributed by atoms with E-state index in [2.05, 4.69) is 5.32 Å². The number of carbonyl (C=O) groups excluding carboxylic acids is 1.